The highest BCUT2D eigenvalue weighted by Gasteiger charge is 2.24. The van der Waals surface area contributed by atoms with Crippen LogP contribution < -0.4 is 14.8 Å². The molecule has 5 nitrogen and oxygen atoms in total. The number of thioether (sulfide) groups is 1. The Labute approximate surface area is 180 Å². The minimum atomic E-state index is -0.185. The molecule has 0 radical (unpaired) electrons. The van der Waals surface area contributed by atoms with Gasteiger partial charge >= 0.3 is 0 Å². The van der Waals surface area contributed by atoms with E-state index in [0.29, 0.717) is 33.2 Å². The lowest BCUT2D eigenvalue weighted by Gasteiger charge is -2.12. The molecule has 2 aromatic rings. The van der Waals surface area contributed by atoms with Crippen LogP contribution in [0.1, 0.15) is 12.5 Å². The van der Waals surface area contributed by atoms with E-state index in [1.54, 1.807) is 31.4 Å². The van der Waals surface area contributed by atoms with E-state index in [0.717, 1.165) is 14.8 Å². The van der Waals surface area contributed by atoms with Crippen molar-refractivity contribution < 1.29 is 14.3 Å². The zero-order valence-electron chi connectivity index (χ0n) is 14.6. The Kier molecular flexibility index (Phi) is 6.67. The number of nitrogens with one attached hydrogen (secondary N) is 1. The van der Waals surface area contributed by atoms with Crippen LogP contribution in [0.2, 0.25) is 5.02 Å². The van der Waals surface area contributed by atoms with Gasteiger partial charge in [0.15, 0.2) is 16.7 Å². The van der Waals surface area contributed by atoms with Gasteiger partial charge in [-0.25, -0.2) is 4.99 Å². The Bertz CT molecular complexity index is 929. The zero-order chi connectivity index (χ0) is 19.4. The van der Waals surface area contributed by atoms with Gasteiger partial charge in [-0.3, -0.25) is 4.79 Å². The molecule has 1 aliphatic rings. The van der Waals surface area contributed by atoms with E-state index >= 15 is 0 Å². The van der Waals surface area contributed by atoms with Crippen molar-refractivity contribution in [3.05, 3.63) is 55.5 Å². The maximum atomic E-state index is 12.3. The highest BCUT2D eigenvalue weighted by molar-refractivity contribution is 14.1. The number of methoxy groups -OCH3 is 1. The number of nitrogens with zero attached hydrogens (tertiary/aromatic N) is 1. The molecule has 1 N–H and O–H groups in total. The molecular weight excluding hydrogens is 499 g/mol. The minimum Gasteiger partial charge on any atom is -0.493 e. The SMILES string of the molecule is CCOc1c(I)cc(/C=C2\SC(=Nc3ccc(Cl)cc3)NC2=O)cc1OC. The highest BCUT2D eigenvalue weighted by Crippen LogP contribution is 2.36. The monoisotopic (exact) mass is 514 g/mol. The second kappa shape index (κ2) is 8.99. The quantitative estimate of drug-likeness (QED) is 0.438. The normalized spacial score (nSPS) is 16.7. The standard InChI is InChI=1S/C19H16ClIN2O3S/c1-3-26-17-14(21)8-11(9-15(17)25-2)10-16-18(24)23-19(27-16)22-13-6-4-12(20)5-7-13/h4-10H,3H2,1-2H3,(H,22,23,24)/b16-10-. The summed E-state index contributed by atoms with van der Waals surface area (Å²) in [4.78, 5) is 17.3. The van der Waals surface area contributed by atoms with Gasteiger partial charge in [0.1, 0.15) is 0 Å². The molecule has 27 heavy (non-hydrogen) atoms. The van der Waals surface area contributed by atoms with E-state index in [4.69, 9.17) is 21.1 Å². The van der Waals surface area contributed by atoms with Crippen molar-refractivity contribution in [1.29, 1.82) is 0 Å². The summed E-state index contributed by atoms with van der Waals surface area (Å²) in [5, 5.41) is 3.95. The summed E-state index contributed by atoms with van der Waals surface area (Å²) in [5.74, 6) is 1.15. The van der Waals surface area contributed by atoms with Crippen molar-refractivity contribution in [3.8, 4) is 11.5 Å². The second-order valence-electron chi connectivity index (χ2n) is 5.43. The van der Waals surface area contributed by atoms with Gasteiger partial charge in [0, 0.05) is 5.02 Å². The zero-order valence-corrected chi connectivity index (χ0v) is 18.3. The van der Waals surface area contributed by atoms with Crippen molar-refractivity contribution in [2.45, 2.75) is 6.92 Å². The van der Waals surface area contributed by atoms with Gasteiger partial charge in [-0.05, 0) is 89.3 Å². The molecule has 8 heteroatoms. The Hall–Kier alpha value is -1.71. The lowest BCUT2D eigenvalue weighted by Crippen LogP contribution is -2.19. The third-order valence-corrected chi connectivity index (χ3v) is 5.51. The molecule has 140 valence electrons. The molecule has 1 aliphatic heterocycles. The molecule has 1 amide bonds. The summed E-state index contributed by atoms with van der Waals surface area (Å²) in [5.41, 5.74) is 1.57. The predicted molar refractivity (Wildman–Crippen MR) is 119 cm³/mol. The first kappa shape index (κ1) is 20.0. The number of carbonyl (C=O) groups excluding carboxylic acids is 1. The molecule has 0 aliphatic carbocycles. The van der Waals surface area contributed by atoms with Gasteiger partial charge in [-0.1, -0.05) is 11.6 Å². The van der Waals surface area contributed by atoms with Crippen LogP contribution in [0.5, 0.6) is 11.5 Å². The third-order valence-electron chi connectivity index (χ3n) is 3.55. The Morgan fingerprint density at radius 3 is 2.70 bits per heavy atom. The van der Waals surface area contributed by atoms with Gasteiger partial charge in [0.25, 0.3) is 5.91 Å². The lowest BCUT2D eigenvalue weighted by atomic mass is 10.2. The van der Waals surface area contributed by atoms with E-state index in [1.807, 2.05) is 25.1 Å². The first-order valence-electron chi connectivity index (χ1n) is 8.05. The lowest BCUT2D eigenvalue weighted by molar-refractivity contribution is -0.115. The number of ether oxygens (including phenoxy) is 2. The summed E-state index contributed by atoms with van der Waals surface area (Å²) >= 11 is 9.37. The largest absolute Gasteiger partial charge is 0.493 e. The van der Waals surface area contributed by atoms with Crippen LogP contribution in [0.15, 0.2) is 46.3 Å². The average molecular weight is 515 g/mol. The Morgan fingerprint density at radius 2 is 2.04 bits per heavy atom. The molecule has 1 saturated heterocycles. The number of carbonyl (C=O) groups is 1. The summed E-state index contributed by atoms with van der Waals surface area (Å²) in [6.45, 7) is 2.47. The number of benzene rings is 2. The second-order valence-corrected chi connectivity index (χ2v) is 8.05. The van der Waals surface area contributed by atoms with E-state index in [2.05, 4.69) is 32.9 Å². The summed E-state index contributed by atoms with van der Waals surface area (Å²) < 4.78 is 12.0. The maximum Gasteiger partial charge on any atom is 0.264 e. The molecule has 0 atom stereocenters. The molecule has 0 aromatic heterocycles. The molecule has 2 aromatic carbocycles. The third kappa shape index (κ3) is 4.97. The van der Waals surface area contributed by atoms with Crippen LogP contribution in [-0.4, -0.2) is 24.8 Å². The van der Waals surface area contributed by atoms with Crippen LogP contribution in [0.25, 0.3) is 6.08 Å². The molecule has 1 heterocycles. The number of aliphatic imine (C=N–C) groups is 1. The van der Waals surface area contributed by atoms with Crippen molar-refractivity contribution in [1.82, 2.24) is 5.32 Å². The molecule has 0 bridgehead atoms. The highest BCUT2D eigenvalue weighted by atomic mass is 127. The van der Waals surface area contributed by atoms with Crippen molar-refractivity contribution >= 4 is 68.8 Å². The topological polar surface area (TPSA) is 59.9 Å². The number of rotatable bonds is 5. The van der Waals surface area contributed by atoms with Gasteiger partial charge in [0.05, 0.1) is 27.9 Å². The number of hydrogen-bond acceptors (Lipinski definition) is 5. The first-order chi connectivity index (χ1) is 13.0. The summed E-state index contributed by atoms with van der Waals surface area (Å²) in [6, 6.07) is 10.9. The van der Waals surface area contributed by atoms with Crippen LogP contribution in [0.4, 0.5) is 5.69 Å². The number of amides is 1. The van der Waals surface area contributed by atoms with E-state index in [9.17, 15) is 4.79 Å². The van der Waals surface area contributed by atoms with Crippen LogP contribution in [0.3, 0.4) is 0 Å². The van der Waals surface area contributed by atoms with E-state index in [-0.39, 0.29) is 5.91 Å². The smallest absolute Gasteiger partial charge is 0.264 e. The van der Waals surface area contributed by atoms with Gasteiger partial charge < -0.3 is 14.8 Å². The molecular formula is C19H16ClIN2O3S. The number of halogens is 2. The molecule has 0 spiro atoms. The first-order valence-corrected chi connectivity index (χ1v) is 10.3. The van der Waals surface area contributed by atoms with Gasteiger partial charge in [0.2, 0.25) is 0 Å². The van der Waals surface area contributed by atoms with Gasteiger partial charge in [-0.15, -0.1) is 0 Å². The molecule has 0 unspecified atom stereocenters. The van der Waals surface area contributed by atoms with Crippen LogP contribution in [-0.2, 0) is 4.79 Å². The molecule has 1 fully saturated rings. The summed E-state index contributed by atoms with van der Waals surface area (Å²) in [6.07, 6.45) is 1.81. The minimum absolute atomic E-state index is 0.185. The predicted octanol–water partition coefficient (Wildman–Crippen LogP) is 5.24. The maximum absolute atomic E-state index is 12.3. The Balaban J connectivity index is 1.86. The number of amidine groups is 1. The van der Waals surface area contributed by atoms with Crippen LogP contribution in [0, 0.1) is 3.57 Å². The number of hydrogen-bond donors (Lipinski definition) is 1. The van der Waals surface area contributed by atoms with Crippen LogP contribution >= 0.6 is 46.0 Å². The summed E-state index contributed by atoms with van der Waals surface area (Å²) in [7, 11) is 1.60. The fourth-order valence-corrected chi connectivity index (χ4v) is 4.12. The van der Waals surface area contributed by atoms with Gasteiger partial charge in [-0.2, -0.15) is 0 Å². The van der Waals surface area contributed by atoms with E-state index < -0.39 is 0 Å². The van der Waals surface area contributed by atoms with Crippen molar-refractivity contribution in [3.63, 3.8) is 0 Å². The van der Waals surface area contributed by atoms with E-state index in [1.165, 1.54) is 11.8 Å². The fourth-order valence-electron chi connectivity index (χ4n) is 2.37. The molecule has 0 saturated carbocycles. The Morgan fingerprint density at radius 1 is 1.30 bits per heavy atom. The van der Waals surface area contributed by atoms with Crippen molar-refractivity contribution in [2.75, 3.05) is 13.7 Å². The average Bonchev–Trinajstić information content (AvgIpc) is 2.98. The van der Waals surface area contributed by atoms with Crippen molar-refractivity contribution in [2.24, 2.45) is 4.99 Å². The fraction of sp³-hybridized carbons (Fsp3) is 0.158. The molecule has 3 rings (SSSR count).